The Morgan fingerprint density at radius 2 is 1.84 bits per heavy atom. The quantitative estimate of drug-likeness (QED) is 0.556. The summed E-state index contributed by atoms with van der Waals surface area (Å²) >= 11 is 0. The molecule has 166 valence electrons. The van der Waals surface area contributed by atoms with Crippen LogP contribution in [-0.4, -0.2) is 31.6 Å². The van der Waals surface area contributed by atoms with Crippen LogP contribution in [-0.2, 0) is 30.7 Å². The normalized spacial score (nSPS) is 13.3. The molecule has 0 fully saturated rings. The van der Waals surface area contributed by atoms with Crippen molar-refractivity contribution in [3.63, 3.8) is 0 Å². The van der Waals surface area contributed by atoms with Crippen LogP contribution in [0, 0.1) is 0 Å². The van der Waals surface area contributed by atoms with E-state index in [-0.39, 0.29) is 5.91 Å². The van der Waals surface area contributed by atoms with Crippen LogP contribution in [0.25, 0.3) is 0 Å². The molecule has 0 unspecified atom stereocenters. The Balaban J connectivity index is 1.36. The SMILES string of the molecule is COc1cccc(CN2CCc3ccc(NC(=O)CCc4ccccc4OC)cc3C2)c1. The Bertz CT molecular complexity index is 1080. The van der Waals surface area contributed by atoms with E-state index in [9.17, 15) is 4.79 Å². The summed E-state index contributed by atoms with van der Waals surface area (Å²) in [6.45, 7) is 2.78. The van der Waals surface area contributed by atoms with Crippen LogP contribution in [0.4, 0.5) is 5.69 Å². The Morgan fingerprint density at radius 1 is 0.969 bits per heavy atom. The first-order valence-corrected chi connectivity index (χ1v) is 11.0. The van der Waals surface area contributed by atoms with Gasteiger partial charge in [0.15, 0.2) is 0 Å². The largest absolute Gasteiger partial charge is 0.497 e. The molecule has 5 nitrogen and oxygen atoms in total. The zero-order valence-corrected chi connectivity index (χ0v) is 18.8. The van der Waals surface area contributed by atoms with Gasteiger partial charge in [-0.25, -0.2) is 0 Å². The Morgan fingerprint density at radius 3 is 2.69 bits per heavy atom. The van der Waals surface area contributed by atoms with Gasteiger partial charge in [-0.15, -0.1) is 0 Å². The maximum atomic E-state index is 12.5. The van der Waals surface area contributed by atoms with Crippen molar-refractivity contribution >= 4 is 11.6 Å². The van der Waals surface area contributed by atoms with Crippen molar-refractivity contribution in [2.75, 3.05) is 26.1 Å². The number of carbonyl (C=O) groups is 1. The Hall–Kier alpha value is -3.31. The number of nitrogens with one attached hydrogen (secondary N) is 1. The molecule has 32 heavy (non-hydrogen) atoms. The molecule has 0 spiro atoms. The van der Waals surface area contributed by atoms with E-state index in [1.54, 1.807) is 14.2 Å². The highest BCUT2D eigenvalue weighted by Crippen LogP contribution is 2.25. The molecule has 5 heteroatoms. The fourth-order valence-electron chi connectivity index (χ4n) is 4.24. The summed E-state index contributed by atoms with van der Waals surface area (Å²) < 4.78 is 10.7. The molecule has 0 saturated carbocycles. The lowest BCUT2D eigenvalue weighted by atomic mass is 9.98. The molecule has 1 amide bonds. The average Bonchev–Trinajstić information content (AvgIpc) is 2.83. The van der Waals surface area contributed by atoms with E-state index in [4.69, 9.17) is 9.47 Å². The van der Waals surface area contributed by atoms with Gasteiger partial charge in [0.05, 0.1) is 14.2 Å². The number of aryl methyl sites for hydroxylation is 1. The molecule has 0 aliphatic carbocycles. The fraction of sp³-hybridized carbons (Fsp3) is 0.296. The summed E-state index contributed by atoms with van der Waals surface area (Å²) in [5, 5.41) is 3.06. The molecule has 1 aliphatic rings. The number of amides is 1. The summed E-state index contributed by atoms with van der Waals surface area (Å²) in [6.07, 6.45) is 2.08. The number of para-hydroxylation sites is 1. The van der Waals surface area contributed by atoms with E-state index in [1.165, 1.54) is 16.7 Å². The Labute approximate surface area is 190 Å². The summed E-state index contributed by atoms with van der Waals surface area (Å²) in [5.41, 5.74) is 5.79. The van der Waals surface area contributed by atoms with Crippen molar-refractivity contribution in [3.8, 4) is 11.5 Å². The van der Waals surface area contributed by atoms with Crippen LogP contribution in [0.1, 0.15) is 28.7 Å². The molecule has 3 aromatic rings. The third-order valence-corrected chi connectivity index (χ3v) is 5.94. The van der Waals surface area contributed by atoms with Gasteiger partial charge in [-0.1, -0.05) is 36.4 Å². The van der Waals surface area contributed by atoms with Crippen molar-refractivity contribution in [3.05, 3.63) is 89.0 Å². The predicted octanol–water partition coefficient (Wildman–Crippen LogP) is 4.83. The van der Waals surface area contributed by atoms with Crippen LogP contribution in [0.15, 0.2) is 66.7 Å². The lowest BCUT2D eigenvalue weighted by Gasteiger charge is -2.29. The molecule has 1 aliphatic heterocycles. The van der Waals surface area contributed by atoms with E-state index >= 15 is 0 Å². The highest BCUT2D eigenvalue weighted by molar-refractivity contribution is 5.91. The molecule has 0 aromatic heterocycles. The second kappa shape index (κ2) is 10.3. The van der Waals surface area contributed by atoms with Crippen LogP contribution in [0.5, 0.6) is 11.5 Å². The molecular weight excluding hydrogens is 400 g/mol. The van der Waals surface area contributed by atoms with Gasteiger partial charge in [-0.2, -0.15) is 0 Å². The van der Waals surface area contributed by atoms with E-state index < -0.39 is 0 Å². The summed E-state index contributed by atoms with van der Waals surface area (Å²) in [6, 6.07) is 22.3. The van der Waals surface area contributed by atoms with E-state index in [1.807, 2.05) is 42.5 Å². The van der Waals surface area contributed by atoms with Gasteiger partial charge in [0.2, 0.25) is 5.91 Å². The number of nitrogens with zero attached hydrogens (tertiary/aromatic N) is 1. The third-order valence-electron chi connectivity index (χ3n) is 5.94. The van der Waals surface area contributed by atoms with Gasteiger partial charge < -0.3 is 14.8 Å². The second-order valence-electron chi connectivity index (χ2n) is 8.16. The maximum absolute atomic E-state index is 12.5. The summed E-state index contributed by atoms with van der Waals surface area (Å²) in [4.78, 5) is 15.0. The summed E-state index contributed by atoms with van der Waals surface area (Å²) in [5.74, 6) is 1.73. The molecule has 0 radical (unpaired) electrons. The van der Waals surface area contributed by atoms with Gasteiger partial charge >= 0.3 is 0 Å². The highest BCUT2D eigenvalue weighted by atomic mass is 16.5. The molecule has 1 N–H and O–H groups in total. The fourth-order valence-corrected chi connectivity index (χ4v) is 4.24. The molecule has 0 saturated heterocycles. The molecule has 3 aromatic carbocycles. The zero-order valence-electron chi connectivity index (χ0n) is 18.8. The van der Waals surface area contributed by atoms with Gasteiger partial charge in [0.25, 0.3) is 0 Å². The number of anilines is 1. The number of hydrogen-bond donors (Lipinski definition) is 1. The molecule has 4 rings (SSSR count). The monoisotopic (exact) mass is 430 g/mol. The molecular formula is C27H30N2O3. The number of fused-ring (bicyclic) bond motifs is 1. The first-order chi connectivity index (χ1) is 15.6. The van der Waals surface area contributed by atoms with Crippen LogP contribution in [0.3, 0.4) is 0 Å². The average molecular weight is 431 g/mol. The van der Waals surface area contributed by atoms with Crippen LogP contribution < -0.4 is 14.8 Å². The topological polar surface area (TPSA) is 50.8 Å². The standard InChI is InChI=1S/C27H30N2O3/c1-31-25-8-5-6-20(16-25)18-29-15-14-21-10-12-24(17-23(21)19-29)28-27(30)13-11-22-7-3-4-9-26(22)32-2/h3-10,12,16-17H,11,13-15,18-19H2,1-2H3,(H,28,30). The van der Waals surface area contributed by atoms with Gasteiger partial charge in [0.1, 0.15) is 11.5 Å². The molecule has 0 atom stereocenters. The van der Waals surface area contributed by atoms with Crippen molar-refractivity contribution in [1.82, 2.24) is 4.90 Å². The predicted molar refractivity (Wildman–Crippen MR) is 127 cm³/mol. The van der Waals surface area contributed by atoms with Crippen molar-refractivity contribution in [2.45, 2.75) is 32.4 Å². The van der Waals surface area contributed by atoms with Gasteiger partial charge in [0, 0.05) is 31.7 Å². The molecule has 1 heterocycles. The molecule has 0 bridgehead atoms. The van der Waals surface area contributed by atoms with E-state index in [0.717, 1.165) is 48.8 Å². The number of benzene rings is 3. The number of ether oxygens (including phenoxy) is 2. The Kier molecular flexibility index (Phi) is 7.07. The van der Waals surface area contributed by atoms with Crippen molar-refractivity contribution < 1.29 is 14.3 Å². The smallest absolute Gasteiger partial charge is 0.224 e. The van der Waals surface area contributed by atoms with Gasteiger partial charge in [-0.3, -0.25) is 9.69 Å². The first-order valence-electron chi connectivity index (χ1n) is 11.0. The second-order valence-corrected chi connectivity index (χ2v) is 8.16. The van der Waals surface area contributed by atoms with Gasteiger partial charge in [-0.05, 0) is 65.4 Å². The lowest BCUT2D eigenvalue weighted by molar-refractivity contribution is -0.116. The van der Waals surface area contributed by atoms with E-state index in [0.29, 0.717) is 12.8 Å². The van der Waals surface area contributed by atoms with Crippen molar-refractivity contribution in [1.29, 1.82) is 0 Å². The van der Waals surface area contributed by atoms with Crippen LogP contribution >= 0.6 is 0 Å². The number of carbonyl (C=O) groups excluding carboxylic acids is 1. The van der Waals surface area contributed by atoms with Crippen LogP contribution in [0.2, 0.25) is 0 Å². The zero-order chi connectivity index (χ0) is 22.3. The summed E-state index contributed by atoms with van der Waals surface area (Å²) in [7, 11) is 3.35. The minimum atomic E-state index is 0.0138. The number of hydrogen-bond acceptors (Lipinski definition) is 4. The highest BCUT2D eigenvalue weighted by Gasteiger charge is 2.17. The van der Waals surface area contributed by atoms with E-state index in [2.05, 4.69) is 34.5 Å². The minimum Gasteiger partial charge on any atom is -0.497 e. The number of rotatable bonds is 8. The first kappa shape index (κ1) is 21.9. The third kappa shape index (κ3) is 5.48. The minimum absolute atomic E-state index is 0.0138. The lowest BCUT2D eigenvalue weighted by Crippen LogP contribution is -2.30. The number of methoxy groups -OCH3 is 2. The maximum Gasteiger partial charge on any atom is 0.224 e. The van der Waals surface area contributed by atoms with Crippen molar-refractivity contribution in [2.24, 2.45) is 0 Å².